The molecular formula is C19H26N2O2. The zero-order chi connectivity index (χ0) is 16.0. The van der Waals surface area contributed by atoms with Gasteiger partial charge in [0.2, 0.25) is 5.91 Å². The van der Waals surface area contributed by atoms with Crippen molar-refractivity contribution in [1.82, 2.24) is 0 Å². The van der Waals surface area contributed by atoms with Crippen LogP contribution in [-0.4, -0.2) is 32.2 Å². The number of hydrogen-bond acceptors (Lipinski definition) is 3. The molecule has 4 nitrogen and oxygen atoms in total. The first-order chi connectivity index (χ1) is 11.0. The second-order valence-corrected chi connectivity index (χ2v) is 7.76. The molecule has 124 valence electrons. The van der Waals surface area contributed by atoms with Crippen molar-refractivity contribution in [3.8, 4) is 0 Å². The van der Waals surface area contributed by atoms with Crippen LogP contribution < -0.4 is 10.2 Å². The molecular weight excluding hydrogens is 288 g/mol. The summed E-state index contributed by atoms with van der Waals surface area (Å²) in [5.41, 5.74) is 4.90. The van der Waals surface area contributed by atoms with Crippen LogP contribution >= 0.6 is 0 Å². The third kappa shape index (κ3) is 2.74. The number of carbonyl (C=O) groups excluding carboxylic acids is 1. The van der Waals surface area contributed by atoms with Crippen LogP contribution in [0.3, 0.4) is 0 Å². The van der Waals surface area contributed by atoms with Gasteiger partial charge in [-0.05, 0) is 67.7 Å². The highest BCUT2D eigenvalue weighted by atomic mass is 16.5. The summed E-state index contributed by atoms with van der Waals surface area (Å²) in [7, 11) is 0. The molecule has 5 rings (SSSR count). The number of nitrogens with zero attached hydrogens (tertiary/aromatic N) is 1. The van der Waals surface area contributed by atoms with Gasteiger partial charge >= 0.3 is 0 Å². The van der Waals surface area contributed by atoms with E-state index in [0.29, 0.717) is 11.8 Å². The van der Waals surface area contributed by atoms with Gasteiger partial charge in [0, 0.05) is 30.9 Å². The molecule has 1 aromatic rings. The van der Waals surface area contributed by atoms with E-state index in [1.54, 1.807) is 0 Å². The molecule has 3 aliphatic carbocycles. The van der Waals surface area contributed by atoms with Gasteiger partial charge in [-0.3, -0.25) is 4.79 Å². The second-order valence-electron chi connectivity index (χ2n) is 7.76. The van der Waals surface area contributed by atoms with Crippen molar-refractivity contribution in [2.75, 3.05) is 36.5 Å². The molecule has 1 saturated heterocycles. The van der Waals surface area contributed by atoms with Gasteiger partial charge in [0.25, 0.3) is 0 Å². The van der Waals surface area contributed by atoms with Crippen LogP contribution in [-0.2, 0) is 9.53 Å². The summed E-state index contributed by atoms with van der Waals surface area (Å²) in [6.07, 6.45) is 4.52. The number of carbonyl (C=O) groups is 1. The van der Waals surface area contributed by atoms with Gasteiger partial charge in [0.1, 0.15) is 0 Å². The Hall–Kier alpha value is -1.55. The zero-order valence-electron chi connectivity index (χ0n) is 14.2. The first-order valence-corrected chi connectivity index (χ1v) is 8.78. The van der Waals surface area contributed by atoms with Crippen LogP contribution in [0.15, 0.2) is 12.1 Å². The van der Waals surface area contributed by atoms with Gasteiger partial charge in [-0.15, -0.1) is 0 Å². The maximum Gasteiger partial charge on any atom is 0.224 e. The van der Waals surface area contributed by atoms with Crippen LogP contribution in [0.5, 0.6) is 0 Å². The van der Waals surface area contributed by atoms with Crippen molar-refractivity contribution in [3.63, 3.8) is 0 Å². The molecule has 0 radical (unpaired) electrons. The van der Waals surface area contributed by atoms with Crippen LogP contribution in [0.1, 0.15) is 36.8 Å². The first-order valence-electron chi connectivity index (χ1n) is 8.78. The number of amides is 1. The highest BCUT2D eigenvalue weighted by Gasteiger charge is 2.56. The number of ether oxygens (including phenoxy) is 1. The Kier molecular flexibility index (Phi) is 3.60. The zero-order valence-corrected chi connectivity index (χ0v) is 14.2. The van der Waals surface area contributed by atoms with Crippen molar-refractivity contribution >= 4 is 17.3 Å². The molecule has 0 atom stereocenters. The summed E-state index contributed by atoms with van der Waals surface area (Å²) in [6, 6.07) is 4.38. The molecule has 1 heterocycles. The number of hydrogen-bond donors (Lipinski definition) is 1. The summed E-state index contributed by atoms with van der Waals surface area (Å²) in [5.74, 6) is 1.12. The van der Waals surface area contributed by atoms with Crippen molar-refractivity contribution in [2.45, 2.75) is 39.5 Å². The van der Waals surface area contributed by atoms with E-state index in [-0.39, 0.29) is 5.91 Å². The number of nitrogens with one attached hydrogen (secondary N) is 1. The van der Waals surface area contributed by atoms with E-state index in [1.165, 1.54) is 24.9 Å². The van der Waals surface area contributed by atoms with E-state index in [4.69, 9.17) is 4.74 Å². The third-order valence-electron chi connectivity index (χ3n) is 5.86. The molecule has 3 saturated carbocycles. The minimum absolute atomic E-state index is 0.188. The molecule has 4 aliphatic rings. The maximum atomic E-state index is 12.4. The molecule has 4 fully saturated rings. The predicted octanol–water partition coefficient (Wildman–Crippen LogP) is 3.27. The molecule has 0 unspecified atom stereocenters. The van der Waals surface area contributed by atoms with E-state index < -0.39 is 0 Å². The molecule has 1 aromatic carbocycles. The number of morpholine rings is 1. The molecule has 1 N–H and O–H groups in total. The Labute approximate surface area is 138 Å². The number of benzene rings is 1. The molecule has 4 heteroatoms. The van der Waals surface area contributed by atoms with Gasteiger partial charge in [-0.2, -0.15) is 0 Å². The lowest BCUT2D eigenvalue weighted by atomic mass is 9.43. The number of aryl methyl sites for hydroxylation is 2. The lowest BCUT2D eigenvalue weighted by Crippen LogP contribution is -2.53. The average Bonchev–Trinajstić information content (AvgIpc) is 2.46. The van der Waals surface area contributed by atoms with Crippen molar-refractivity contribution in [1.29, 1.82) is 0 Å². The number of rotatable bonds is 4. The standard InChI is InChI=1S/C19H26N2O2/c1-13-7-16(21-3-5-23-6-4-21)8-14(2)18(13)20-17(22)12-19-9-15(10-19)11-19/h7-8,15H,3-6,9-12H2,1-2H3,(H,20,22). The van der Waals surface area contributed by atoms with Crippen molar-refractivity contribution in [3.05, 3.63) is 23.3 Å². The fourth-order valence-electron chi connectivity index (χ4n) is 4.54. The minimum Gasteiger partial charge on any atom is -0.378 e. The monoisotopic (exact) mass is 314 g/mol. The summed E-state index contributed by atoms with van der Waals surface area (Å²) in [5, 5.41) is 3.18. The van der Waals surface area contributed by atoms with Crippen molar-refractivity contribution < 1.29 is 9.53 Å². The highest BCUT2D eigenvalue weighted by molar-refractivity contribution is 5.93. The molecule has 0 spiro atoms. The summed E-state index contributed by atoms with van der Waals surface area (Å²) >= 11 is 0. The highest BCUT2D eigenvalue weighted by Crippen LogP contribution is 2.66. The van der Waals surface area contributed by atoms with E-state index in [2.05, 4.69) is 36.2 Å². The maximum absolute atomic E-state index is 12.4. The van der Waals surface area contributed by atoms with Crippen LogP contribution in [0, 0.1) is 25.2 Å². The molecule has 1 aliphatic heterocycles. The Morgan fingerprint density at radius 1 is 1.22 bits per heavy atom. The van der Waals surface area contributed by atoms with Gasteiger partial charge in [0.15, 0.2) is 0 Å². The number of anilines is 2. The van der Waals surface area contributed by atoms with Crippen molar-refractivity contribution in [2.24, 2.45) is 11.3 Å². The first kappa shape index (κ1) is 15.0. The summed E-state index contributed by atoms with van der Waals surface area (Å²) in [4.78, 5) is 14.8. The average molecular weight is 314 g/mol. The largest absolute Gasteiger partial charge is 0.378 e. The minimum atomic E-state index is 0.188. The molecule has 23 heavy (non-hydrogen) atoms. The van der Waals surface area contributed by atoms with Crippen LogP contribution in [0.25, 0.3) is 0 Å². The van der Waals surface area contributed by atoms with E-state index >= 15 is 0 Å². The van der Waals surface area contributed by atoms with E-state index in [0.717, 1.165) is 49.0 Å². The normalized spacial score (nSPS) is 28.8. The lowest BCUT2D eigenvalue weighted by Gasteiger charge is -2.61. The van der Waals surface area contributed by atoms with Crippen LogP contribution in [0.2, 0.25) is 0 Å². The van der Waals surface area contributed by atoms with Gasteiger partial charge < -0.3 is 15.0 Å². The Morgan fingerprint density at radius 2 is 1.83 bits per heavy atom. The van der Waals surface area contributed by atoms with Gasteiger partial charge in [0.05, 0.1) is 13.2 Å². The topological polar surface area (TPSA) is 41.6 Å². The molecule has 0 aromatic heterocycles. The summed E-state index contributed by atoms with van der Waals surface area (Å²) in [6.45, 7) is 7.64. The molecule has 1 amide bonds. The Bertz CT molecular complexity index is 594. The summed E-state index contributed by atoms with van der Waals surface area (Å²) < 4.78 is 5.43. The van der Waals surface area contributed by atoms with E-state index in [1.807, 2.05) is 0 Å². The lowest BCUT2D eigenvalue weighted by molar-refractivity contribution is -0.139. The van der Waals surface area contributed by atoms with Gasteiger partial charge in [-0.25, -0.2) is 0 Å². The fourth-order valence-corrected chi connectivity index (χ4v) is 4.54. The SMILES string of the molecule is Cc1cc(N2CCOCC2)cc(C)c1NC(=O)CC12CC(C1)C2. The molecule has 2 bridgehead atoms. The quantitative estimate of drug-likeness (QED) is 0.927. The second kappa shape index (κ2) is 5.52. The van der Waals surface area contributed by atoms with Crippen LogP contribution in [0.4, 0.5) is 11.4 Å². The fraction of sp³-hybridized carbons (Fsp3) is 0.632. The van der Waals surface area contributed by atoms with Gasteiger partial charge in [-0.1, -0.05) is 0 Å². The predicted molar refractivity (Wildman–Crippen MR) is 92.0 cm³/mol. The Balaban J connectivity index is 1.46. The third-order valence-corrected chi connectivity index (χ3v) is 5.86. The van der Waals surface area contributed by atoms with E-state index in [9.17, 15) is 4.79 Å². The Morgan fingerprint density at radius 3 is 2.35 bits per heavy atom. The smallest absolute Gasteiger partial charge is 0.224 e.